The summed E-state index contributed by atoms with van der Waals surface area (Å²) in [5, 5.41) is 4.03. The van der Waals surface area contributed by atoms with Crippen LogP contribution in [0.15, 0.2) is 0 Å². The van der Waals surface area contributed by atoms with Crippen molar-refractivity contribution in [3.05, 3.63) is 0 Å². The van der Waals surface area contributed by atoms with E-state index in [1.54, 1.807) is 0 Å². The summed E-state index contributed by atoms with van der Waals surface area (Å²) in [6, 6.07) is 0. The predicted octanol–water partition coefficient (Wildman–Crippen LogP) is 3.49. The van der Waals surface area contributed by atoms with Crippen LogP contribution < -0.4 is 5.32 Å². The lowest BCUT2D eigenvalue weighted by atomic mass is 9.75. The number of hydrogen-bond acceptors (Lipinski definition) is 1. The first-order chi connectivity index (χ1) is 7.40. The van der Waals surface area contributed by atoms with E-state index in [9.17, 15) is 4.79 Å². The highest BCUT2D eigenvalue weighted by atomic mass is 79.9. The van der Waals surface area contributed by atoms with Crippen LogP contribution in [0.1, 0.15) is 52.9 Å². The number of hydrogen-bond donors (Lipinski definition) is 1. The van der Waals surface area contributed by atoms with E-state index in [0.717, 1.165) is 24.7 Å². The smallest absolute Gasteiger partial charge is 0.225 e. The molecule has 1 aliphatic rings. The second-order valence-corrected chi connectivity index (χ2v) is 6.66. The Morgan fingerprint density at radius 3 is 2.38 bits per heavy atom. The Morgan fingerprint density at radius 1 is 1.31 bits per heavy atom. The zero-order valence-electron chi connectivity index (χ0n) is 10.7. The van der Waals surface area contributed by atoms with Crippen LogP contribution in [0.2, 0.25) is 0 Å². The fourth-order valence-corrected chi connectivity index (χ4v) is 2.34. The molecule has 0 unspecified atom stereocenters. The molecular weight excluding hydrogens is 266 g/mol. The molecule has 1 fully saturated rings. The largest absolute Gasteiger partial charge is 0.355 e. The van der Waals surface area contributed by atoms with Crippen molar-refractivity contribution in [2.45, 2.75) is 52.9 Å². The number of amides is 1. The molecule has 1 amide bonds. The summed E-state index contributed by atoms with van der Waals surface area (Å²) in [5.74, 6) is 0.251. The van der Waals surface area contributed by atoms with Gasteiger partial charge < -0.3 is 5.32 Å². The first-order valence-corrected chi connectivity index (χ1v) is 7.36. The van der Waals surface area contributed by atoms with E-state index in [4.69, 9.17) is 0 Å². The van der Waals surface area contributed by atoms with Gasteiger partial charge in [-0.25, -0.2) is 0 Å². The van der Waals surface area contributed by atoms with Crippen LogP contribution in [0.3, 0.4) is 0 Å². The molecule has 0 saturated heterocycles. The van der Waals surface area contributed by atoms with E-state index in [1.807, 2.05) is 0 Å². The number of rotatable bonds is 4. The van der Waals surface area contributed by atoms with E-state index >= 15 is 0 Å². The first kappa shape index (κ1) is 14.0. The van der Waals surface area contributed by atoms with Gasteiger partial charge in [-0.1, -0.05) is 56.0 Å². The third-order valence-corrected chi connectivity index (χ3v) is 5.11. The highest BCUT2D eigenvalue weighted by molar-refractivity contribution is 9.09. The standard InChI is InChI=1S/C13H24BrNO/c1-12(2,9-14)10-15-11(16)13(3)7-5-4-6-8-13/h4-10H2,1-3H3,(H,15,16). The van der Waals surface area contributed by atoms with Gasteiger partial charge in [-0.3, -0.25) is 4.79 Å². The van der Waals surface area contributed by atoms with Crippen LogP contribution in [0.25, 0.3) is 0 Å². The molecule has 16 heavy (non-hydrogen) atoms. The van der Waals surface area contributed by atoms with Gasteiger partial charge in [0.05, 0.1) is 0 Å². The highest BCUT2D eigenvalue weighted by Crippen LogP contribution is 2.36. The first-order valence-electron chi connectivity index (χ1n) is 6.24. The van der Waals surface area contributed by atoms with E-state index in [0.29, 0.717) is 0 Å². The minimum Gasteiger partial charge on any atom is -0.355 e. The molecule has 0 heterocycles. The van der Waals surface area contributed by atoms with E-state index in [-0.39, 0.29) is 16.7 Å². The minimum atomic E-state index is -0.110. The fourth-order valence-electron chi connectivity index (χ4n) is 2.14. The van der Waals surface area contributed by atoms with E-state index in [1.165, 1.54) is 19.3 Å². The Balaban J connectivity index is 2.45. The average molecular weight is 290 g/mol. The molecule has 0 atom stereocenters. The number of carbonyl (C=O) groups is 1. The second-order valence-electron chi connectivity index (χ2n) is 6.10. The summed E-state index contributed by atoms with van der Waals surface area (Å²) >= 11 is 3.48. The summed E-state index contributed by atoms with van der Waals surface area (Å²) in [6.07, 6.45) is 5.79. The number of halogens is 1. The normalized spacial score (nSPS) is 20.5. The molecule has 0 radical (unpaired) electrons. The van der Waals surface area contributed by atoms with Crippen molar-refractivity contribution in [2.75, 3.05) is 11.9 Å². The van der Waals surface area contributed by atoms with Crippen LogP contribution in [0.4, 0.5) is 0 Å². The molecule has 0 bridgehead atoms. The van der Waals surface area contributed by atoms with Gasteiger partial charge in [0.1, 0.15) is 0 Å². The van der Waals surface area contributed by atoms with Crippen LogP contribution in [0.5, 0.6) is 0 Å². The third-order valence-electron chi connectivity index (χ3n) is 3.59. The Morgan fingerprint density at radius 2 is 1.88 bits per heavy atom. The molecule has 2 nitrogen and oxygen atoms in total. The van der Waals surface area contributed by atoms with Crippen LogP contribution in [0, 0.1) is 10.8 Å². The molecule has 1 rings (SSSR count). The molecule has 0 aliphatic heterocycles. The van der Waals surface area contributed by atoms with Crippen molar-refractivity contribution in [2.24, 2.45) is 10.8 Å². The van der Waals surface area contributed by atoms with Gasteiger partial charge in [-0.2, -0.15) is 0 Å². The predicted molar refractivity (Wildman–Crippen MR) is 71.8 cm³/mol. The molecule has 3 heteroatoms. The molecule has 1 N–H and O–H groups in total. The summed E-state index contributed by atoms with van der Waals surface area (Å²) < 4.78 is 0. The fraction of sp³-hybridized carbons (Fsp3) is 0.923. The van der Waals surface area contributed by atoms with Gasteiger partial charge in [-0.15, -0.1) is 0 Å². The van der Waals surface area contributed by atoms with Crippen LogP contribution in [-0.4, -0.2) is 17.8 Å². The zero-order chi connectivity index (χ0) is 12.2. The van der Waals surface area contributed by atoms with Gasteiger partial charge in [0.2, 0.25) is 5.91 Å². The summed E-state index contributed by atoms with van der Waals surface area (Å²) in [5.41, 5.74) is 0.0291. The Bertz CT molecular complexity index is 244. The van der Waals surface area contributed by atoms with Gasteiger partial charge in [0.25, 0.3) is 0 Å². The zero-order valence-corrected chi connectivity index (χ0v) is 12.3. The van der Waals surface area contributed by atoms with E-state index in [2.05, 4.69) is 42.0 Å². The molecular formula is C13H24BrNO. The third kappa shape index (κ3) is 3.76. The second kappa shape index (κ2) is 5.52. The van der Waals surface area contributed by atoms with Crippen molar-refractivity contribution >= 4 is 21.8 Å². The van der Waals surface area contributed by atoms with Gasteiger partial charge in [0.15, 0.2) is 0 Å². The van der Waals surface area contributed by atoms with Crippen molar-refractivity contribution < 1.29 is 4.79 Å². The van der Waals surface area contributed by atoms with Crippen LogP contribution >= 0.6 is 15.9 Å². The lowest BCUT2D eigenvalue weighted by molar-refractivity contribution is -0.132. The maximum atomic E-state index is 12.2. The summed E-state index contributed by atoms with van der Waals surface area (Å²) in [6.45, 7) is 7.19. The maximum absolute atomic E-state index is 12.2. The average Bonchev–Trinajstić information content (AvgIpc) is 2.27. The lowest BCUT2D eigenvalue weighted by Crippen LogP contribution is -2.44. The maximum Gasteiger partial charge on any atom is 0.225 e. The van der Waals surface area contributed by atoms with Crippen molar-refractivity contribution in [3.63, 3.8) is 0 Å². The van der Waals surface area contributed by atoms with Crippen LogP contribution in [-0.2, 0) is 4.79 Å². The van der Waals surface area contributed by atoms with Crippen molar-refractivity contribution in [1.29, 1.82) is 0 Å². The topological polar surface area (TPSA) is 29.1 Å². The Hall–Kier alpha value is -0.0500. The SMILES string of the molecule is CC(C)(CBr)CNC(=O)C1(C)CCCCC1. The molecule has 0 aromatic rings. The Kier molecular flexibility index (Phi) is 4.84. The number of alkyl halides is 1. The molecule has 0 spiro atoms. The molecule has 94 valence electrons. The lowest BCUT2D eigenvalue weighted by Gasteiger charge is -2.33. The number of nitrogens with one attached hydrogen (secondary N) is 1. The summed E-state index contributed by atoms with van der Waals surface area (Å²) in [7, 11) is 0. The van der Waals surface area contributed by atoms with Gasteiger partial charge in [-0.05, 0) is 18.3 Å². The molecule has 0 aromatic carbocycles. The van der Waals surface area contributed by atoms with Crippen molar-refractivity contribution in [1.82, 2.24) is 5.32 Å². The number of carbonyl (C=O) groups excluding carboxylic acids is 1. The minimum absolute atomic E-state index is 0.110. The molecule has 1 saturated carbocycles. The monoisotopic (exact) mass is 289 g/mol. The van der Waals surface area contributed by atoms with E-state index < -0.39 is 0 Å². The summed E-state index contributed by atoms with van der Waals surface area (Å²) in [4.78, 5) is 12.2. The van der Waals surface area contributed by atoms with Gasteiger partial charge in [0, 0.05) is 17.3 Å². The quantitative estimate of drug-likeness (QED) is 0.789. The highest BCUT2D eigenvalue weighted by Gasteiger charge is 2.34. The van der Waals surface area contributed by atoms with Crippen molar-refractivity contribution in [3.8, 4) is 0 Å². The Labute approximate surface area is 108 Å². The molecule has 0 aromatic heterocycles. The molecule has 1 aliphatic carbocycles. The van der Waals surface area contributed by atoms with Gasteiger partial charge >= 0.3 is 0 Å².